The molecule has 0 aliphatic heterocycles. The molecule has 0 saturated carbocycles. The van der Waals surface area contributed by atoms with Crippen LogP contribution in [0.4, 0.5) is 0 Å². The van der Waals surface area contributed by atoms with E-state index in [1.807, 2.05) is 6.20 Å². The van der Waals surface area contributed by atoms with E-state index in [-0.39, 0.29) is 0 Å². The number of nitrogens with zero attached hydrogens (tertiary/aromatic N) is 1. The highest BCUT2D eigenvalue weighted by Crippen LogP contribution is 2.18. The van der Waals surface area contributed by atoms with Crippen molar-refractivity contribution in [3.05, 3.63) is 39.6 Å². The lowest BCUT2D eigenvalue weighted by Gasteiger charge is -1.99. The highest BCUT2D eigenvalue weighted by Gasteiger charge is 1.97. The second kappa shape index (κ2) is 3.01. The predicted octanol–water partition coefficient (Wildman–Crippen LogP) is 3.15. The molecule has 1 heterocycles. The monoisotopic (exact) mass is 269 g/mol. The first-order valence-corrected chi connectivity index (χ1v) is 4.86. The van der Waals surface area contributed by atoms with Crippen molar-refractivity contribution in [3.8, 4) is 0 Å². The fourth-order valence-electron chi connectivity index (χ4n) is 1.23. The van der Waals surface area contributed by atoms with Crippen molar-refractivity contribution in [3.63, 3.8) is 0 Å². The van der Waals surface area contributed by atoms with Crippen LogP contribution in [0.15, 0.2) is 30.5 Å². The molecule has 1 nitrogen and oxygen atoms in total. The molecule has 0 N–H and O–H groups in total. The minimum absolute atomic E-state index is 1.10. The van der Waals surface area contributed by atoms with Crippen molar-refractivity contribution in [2.75, 3.05) is 0 Å². The molecule has 0 aliphatic carbocycles. The summed E-state index contributed by atoms with van der Waals surface area (Å²) in [6.45, 7) is 2.06. The Morgan fingerprint density at radius 1 is 1.33 bits per heavy atom. The minimum atomic E-state index is 1.10. The van der Waals surface area contributed by atoms with E-state index in [1.165, 1.54) is 14.5 Å². The van der Waals surface area contributed by atoms with Crippen LogP contribution < -0.4 is 0 Å². The van der Waals surface area contributed by atoms with Gasteiger partial charge in [0.15, 0.2) is 0 Å². The van der Waals surface area contributed by atoms with Gasteiger partial charge in [-0.15, -0.1) is 0 Å². The molecule has 12 heavy (non-hydrogen) atoms. The van der Waals surface area contributed by atoms with Gasteiger partial charge in [0.2, 0.25) is 0 Å². The van der Waals surface area contributed by atoms with E-state index in [2.05, 4.69) is 58.8 Å². The quantitative estimate of drug-likeness (QED) is 0.669. The van der Waals surface area contributed by atoms with Crippen LogP contribution in [0.2, 0.25) is 0 Å². The third-order valence-electron chi connectivity index (χ3n) is 1.80. The summed E-state index contributed by atoms with van der Waals surface area (Å²) in [5.41, 5.74) is 2.31. The maximum atomic E-state index is 4.37. The number of para-hydroxylation sites is 1. The summed E-state index contributed by atoms with van der Waals surface area (Å²) in [5.74, 6) is 0. The number of fused-ring (bicyclic) bond motifs is 1. The maximum absolute atomic E-state index is 4.37. The smallest absolute Gasteiger partial charge is 0.0835 e. The van der Waals surface area contributed by atoms with Crippen molar-refractivity contribution in [1.82, 2.24) is 4.98 Å². The molecule has 2 heteroatoms. The summed E-state index contributed by atoms with van der Waals surface area (Å²) in [6.07, 6.45) is 1.91. The van der Waals surface area contributed by atoms with E-state index >= 15 is 0 Å². The summed E-state index contributed by atoms with van der Waals surface area (Å²) in [5, 5.41) is 1.22. The van der Waals surface area contributed by atoms with Gasteiger partial charge in [-0.3, -0.25) is 4.98 Å². The third-order valence-corrected chi connectivity index (χ3v) is 2.67. The molecule has 0 bridgehead atoms. The maximum Gasteiger partial charge on any atom is 0.0835 e. The minimum Gasteiger partial charge on any atom is -0.255 e. The molecule has 0 spiro atoms. The molecule has 0 fully saturated rings. The van der Waals surface area contributed by atoms with E-state index in [4.69, 9.17) is 0 Å². The van der Waals surface area contributed by atoms with Crippen LogP contribution in [-0.2, 0) is 0 Å². The van der Waals surface area contributed by atoms with Gasteiger partial charge in [-0.1, -0.05) is 12.1 Å². The summed E-state index contributed by atoms with van der Waals surface area (Å²) >= 11 is 2.31. The first kappa shape index (κ1) is 7.98. The van der Waals surface area contributed by atoms with Gasteiger partial charge in [0.05, 0.1) is 5.52 Å². The first-order valence-electron chi connectivity index (χ1n) is 3.78. The molecule has 0 amide bonds. The van der Waals surface area contributed by atoms with Crippen LogP contribution in [-0.4, -0.2) is 4.98 Å². The Bertz CT molecular complexity index is 423. The van der Waals surface area contributed by atoms with E-state index in [0.29, 0.717) is 0 Å². The molecule has 0 aliphatic rings. The summed E-state index contributed by atoms with van der Waals surface area (Å²) in [7, 11) is 0. The van der Waals surface area contributed by atoms with E-state index in [0.717, 1.165) is 5.52 Å². The Kier molecular flexibility index (Phi) is 2.00. The van der Waals surface area contributed by atoms with Gasteiger partial charge in [-0.05, 0) is 47.2 Å². The van der Waals surface area contributed by atoms with Gasteiger partial charge in [-0.25, -0.2) is 0 Å². The average molecular weight is 269 g/mol. The number of hydrogen-bond acceptors (Lipinski definition) is 1. The molecular weight excluding hydrogens is 261 g/mol. The van der Waals surface area contributed by atoms with Crippen molar-refractivity contribution in [1.29, 1.82) is 0 Å². The van der Waals surface area contributed by atoms with E-state index < -0.39 is 0 Å². The van der Waals surface area contributed by atoms with Crippen LogP contribution in [0.1, 0.15) is 5.56 Å². The molecule has 1 aromatic heterocycles. The molecular formula is C10H8IN. The number of halogens is 1. The number of pyridine rings is 1. The molecule has 0 radical (unpaired) electrons. The largest absolute Gasteiger partial charge is 0.255 e. The van der Waals surface area contributed by atoms with Gasteiger partial charge in [-0.2, -0.15) is 0 Å². The Labute approximate surface area is 85.0 Å². The van der Waals surface area contributed by atoms with E-state index in [9.17, 15) is 0 Å². The summed E-state index contributed by atoms with van der Waals surface area (Å²) in [4.78, 5) is 4.37. The second-order valence-electron chi connectivity index (χ2n) is 2.82. The molecule has 2 rings (SSSR count). The highest BCUT2D eigenvalue weighted by molar-refractivity contribution is 14.1. The Morgan fingerprint density at radius 2 is 2.17 bits per heavy atom. The van der Waals surface area contributed by atoms with Gasteiger partial charge < -0.3 is 0 Å². The molecule has 0 unspecified atom stereocenters. The van der Waals surface area contributed by atoms with Crippen molar-refractivity contribution in [2.45, 2.75) is 6.92 Å². The fraction of sp³-hybridized carbons (Fsp3) is 0.100. The topological polar surface area (TPSA) is 12.9 Å². The number of aromatic nitrogens is 1. The van der Waals surface area contributed by atoms with Gasteiger partial charge in [0.1, 0.15) is 0 Å². The highest BCUT2D eigenvalue weighted by atomic mass is 127. The van der Waals surface area contributed by atoms with Crippen LogP contribution in [0, 0.1) is 10.5 Å². The molecule has 1 aromatic carbocycles. The fourth-order valence-corrected chi connectivity index (χ4v) is 1.89. The summed E-state index contributed by atoms with van der Waals surface area (Å²) in [6, 6.07) is 8.39. The van der Waals surface area contributed by atoms with Crippen LogP contribution >= 0.6 is 22.6 Å². The van der Waals surface area contributed by atoms with Crippen LogP contribution in [0.25, 0.3) is 10.9 Å². The lowest BCUT2D eigenvalue weighted by Crippen LogP contribution is -1.83. The van der Waals surface area contributed by atoms with Crippen LogP contribution in [0.5, 0.6) is 0 Å². The SMILES string of the molecule is Cc1cnc2c(I)cccc2c1. The third kappa shape index (κ3) is 1.31. The Hall–Kier alpha value is -0.640. The predicted molar refractivity (Wildman–Crippen MR) is 59.2 cm³/mol. The van der Waals surface area contributed by atoms with Gasteiger partial charge >= 0.3 is 0 Å². The number of hydrogen-bond donors (Lipinski definition) is 0. The summed E-state index contributed by atoms with van der Waals surface area (Å²) < 4.78 is 1.21. The standard InChI is InChI=1S/C10H8IN/c1-7-5-8-3-2-4-9(11)10(8)12-6-7/h2-6H,1H3. The Morgan fingerprint density at radius 3 is 3.00 bits per heavy atom. The lowest BCUT2D eigenvalue weighted by atomic mass is 10.2. The number of benzene rings is 1. The zero-order chi connectivity index (χ0) is 8.55. The molecule has 0 atom stereocenters. The average Bonchev–Trinajstić information content (AvgIpc) is 2.04. The number of aryl methyl sites for hydroxylation is 1. The van der Waals surface area contributed by atoms with Crippen molar-refractivity contribution < 1.29 is 0 Å². The number of rotatable bonds is 0. The second-order valence-corrected chi connectivity index (χ2v) is 3.99. The zero-order valence-electron chi connectivity index (χ0n) is 6.71. The van der Waals surface area contributed by atoms with Crippen molar-refractivity contribution in [2.24, 2.45) is 0 Å². The van der Waals surface area contributed by atoms with Gasteiger partial charge in [0, 0.05) is 15.2 Å². The van der Waals surface area contributed by atoms with Crippen molar-refractivity contribution >= 4 is 33.5 Å². The first-order chi connectivity index (χ1) is 5.77. The van der Waals surface area contributed by atoms with E-state index in [1.54, 1.807) is 0 Å². The molecule has 0 saturated heterocycles. The van der Waals surface area contributed by atoms with Gasteiger partial charge in [0.25, 0.3) is 0 Å². The normalized spacial score (nSPS) is 10.5. The zero-order valence-corrected chi connectivity index (χ0v) is 8.87. The van der Waals surface area contributed by atoms with Crippen LogP contribution in [0.3, 0.4) is 0 Å². The lowest BCUT2D eigenvalue weighted by molar-refractivity contribution is 1.33. The Balaban J connectivity index is 2.86. The molecule has 60 valence electrons. The molecule has 2 aromatic rings.